The van der Waals surface area contributed by atoms with E-state index in [2.05, 4.69) is 25.5 Å². The third kappa shape index (κ3) is 7.48. The lowest BCUT2D eigenvalue weighted by Crippen LogP contribution is -2.72. The molecule has 1 saturated heterocycles. The summed E-state index contributed by atoms with van der Waals surface area (Å²) >= 11 is 2.33. The van der Waals surface area contributed by atoms with E-state index in [1.54, 1.807) is 37.4 Å². The van der Waals surface area contributed by atoms with Crippen LogP contribution in [0, 0.1) is 0 Å². The van der Waals surface area contributed by atoms with Gasteiger partial charge >= 0.3 is 5.97 Å². The molecule has 56 heavy (non-hydrogen) atoms. The molecule has 0 saturated carbocycles. The lowest BCUT2D eigenvalue weighted by atomic mass is 9.98. The van der Waals surface area contributed by atoms with Crippen molar-refractivity contribution in [2.24, 2.45) is 18.5 Å². The van der Waals surface area contributed by atoms with E-state index in [1.807, 2.05) is 0 Å². The van der Waals surface area contributed by atoms with E-state index in [4.69, 9.17) is 11.5 Å². The van der Waals surface area contributed by atoms with E-state index in [-0.39, 0.29) is 28.7 Å². The van der Waals surface area contributed by atoms with Crippen molar-refractivity contribution >= 4 is 64.7 Å². The van der Waals surface area contributed by atoms with Crippen LogP contribution in [0.25, 0.3) is 11.4 Å². The van der Waals surface area contributed by atoms with Gasteiger partial charge in [-0.05, 0) is 59.7 Å². The number of benzene rings is 2. The molecule has 2 aromatic carbocycles. The number of nitrogens with two attached hydrogens (primary N) is 2. The highest BCUT2D eigenvalue weighted by Crippen LogP contribution is 2.44. The van der Waals surface area contributed by atoms with Crippen molar-refractivity contribution < 1.29 is 39.0 Å². The molecule has 2 aliphatic heterocycles. The molecule has 3 atom stereocenters. The third-order valence-electron chi connectivity index (χ3n) is 8.79. The summed E-state index contributed by atoms with van der Waals surface area (Å²) in [5.74, 6) is -6.16. The number of fused-ring (bicyclic) bond motifs is 1. The third-order valence-corrected chi connectivity index (χ3v) is 11.2. The van der Waals surface area contributed by atoms with Gasteiger partial charge in [0.15, 0.2) is 5.82 Å². The largest absolute Gasteiger partial charge is 0.493 e. The number of nitrogens with zero attached hydrogens (tertiary/aromatic N) is 9. The number of carboxylic acid groups (broad SMARTS) is 1. The number of thioether (sulfide) groups is 2. The van der Waals surface area contributed by atoms with Crippen molar-refractivity contribution in [2.45, 2.75) is 48.9 Å². The Bertz CT molecular complexity index is 2280. The molecular formula is C35H35N11O8S2. The van der Waals surface area contributed by atoms with Gasteiger partial charge in [-0.3, -0.25) is 33.8 Å². The topological polar surface area (TPSA) is 274 Å². The van der Waals surface area contributed by atoms with Gasteiger partial charge in [-0.1, -0.05) is 42.1 Å². The number of aliphatic carboxylic acids is 1. The maximum Gasteiger partial charge on any atom is 0.352 e. The first kappa shape index (κ1) is 39.7. The number of rotatable bonds is 11. The number of hydrogen-bond donors (Lipinski definition) is 4. The number of aromatic hydroxyl groups is 1. The zero-order valence-corrected chi connectivity index (χ0v) is 31.9. The fraction of sp³-hybridized carbons (Fsp3) is 0.286. The van der Waals surface area contributed by atoms with Gasteiger partial charge in [0.05, 0.1) is 11.2 Å². The Morgan fingerprint density at radius 2 is 1.77 bits per heavy atom. The second-order valence-electron chi connectivity index (χ2n) is 13.2. The number of carbonyl (C=O) groups excluding carboxylic acids is 5. The van der Waals surface area contributed by atoms with Gasteiger partial charge in [-0.2, -0.15) is 4.98 Å². The smallest absolute Gasteiger partial charge is 0.352 e. The fourth-order valence-electron chi connectivity index (χ4n) is 5.97. The first-order chi connectivity index (χ1) is 26.5. The predicted molar refractivity (Wildman–Crippen MR) is 201 cm³/mol. The number of carbonyl (C=O) groups is 6. The van der Waals surface area contributed by atoms with Crippen LogP contribution in [-0.2, 0) is 31.0 Å². The molecule has 4 heterocycles. The molecule has 0 radical (unpaired) electrons. The zero-order valence-electron chi connectivity index (χ0n) is 30.3. The van der Waals surface area contributed by atoms with Crippen molar-refractivity contribution in [1.29, 1.82) is 0 Å². The minimum atomic E-state index is -1.50. The average molecular weight is 802 g/mol. The summed E-state index contributed by atoms with van der Waals surface area (Å²) in [6.45, 7) is 4.16. The van der Waals surface area contributed by atoms with Crippen molar-refractivity contribution in [3.05, 3.63) is 83.2 Å². The molecule has 19 nitrogen and oxygen atoms in total. The summed E-state index contributed by atoms with van der Waals surface area (Å²) in [5.41, 5.74) is 11.4. The number of hydrogen-bond acceptors (Lipinski definition) is 16. The van der Waals surface area contributed by atoms with Crippen molar-refractivity contribution in [1.82, 2.24) is 40.0 Å². The standard InChI is InChI=1S/C35H35N11O8S2/c1-17(47)44(33(54)35(2,3)37)21-12-10-19(11-13-21)26-38-14-22(27(48)39-26)28(49)45(29(50)23(36)18-8-6-5-7-9-18)25-30(51)46-24(32(52)53)20(15-55-31(25)46)16-56-34-40-41-42-43(34)4/h5-14,23,25,31H,15-16,36-37H2,1-4H3,(H,52,53)(H,38,39,48)/t23?,25?,31-/m0/s1. The molecule has 2 aliphatic rings. The number of imide groups is 2. The second kappa shape index (κ2) is 15.6. The highest BCUT2D eigenvalue weighted by molar-refractivity contribution is 8.01. The molecule has 1 fully saturated rings. The SMILES string of the molecule is CC(=O)N(C(=O)C(C)(C)N)c1ccc(-c2ncc(C(=O)N(C(=O)C(N)c3ccccc3)C3C(=O)N4C(C(=O)O)=C(CSc5nnnn5C)CS[C@@H]34)c(O)n2)cc1. The number of β-lactam (4-membered cyclic amide) rings is 1. The molecule has 0 bridgehead atoms. The van der Waals surface area contributed by atoms with Crippen molar-refractivity contribution in [3.8, 4) is 17.3 Å². The highest BCUT2D eigenvalue weighted by Gasteiger charge is 2.59. The summed E-state index contributed by atoms with van der Waals surface area (Å²) in [7, 11) is 1.62. The lowest BCUT2D eigenvalue weighted by molar-refractivity contribution is -0.157. The van der Waals surface area contributed by atoms with E-state index < -0.39 is 69.9 Å². The molecule has 290 valence electrons. The Morgan fingerprint density at radius 1 is 1.09 bits per heavy atom. The average Bonchev–Trinajstić information content (AvgIpc) is 3.58. The quantitative estimate of drug-likeness (QED) is 0.122. The minimum Gasteiger partial charge on any atom is -0.493 e. The number of tetrazole rings is 1. The molecule has 2 aromatic heterocycles. The Kier molecular flexibility index (Phi) is 11.1. The molecular weight excluding hydrogens is 767 g/mol. The van der Waals surface area contributed by atoms with E-state index in [9.17, 15) is 39.0 Å². The van der Waals surface area contributed by atoms with E-state index >= 15 is 0 Å². The van der Waals surface area contributed by atoms with Crippen LogP contribution < -0.4 is 16.4 Å². The molecule has 0 spiro atoms. The Morgan fingerprint density at radius 3 is 2.34 bits per heavy atom. The maximum atomic E-state index is 14.3. The molecule has 2 unspecified atom stereocenters. The number of aromatic nitrogens is 6. The van der Waals surface area contributed by atoms with Crippen LogP contribution in [0.15, 0.2) is 77.2 Å². The molecule has 4 aromatic rings. The predicted octanol–water partition coefficient (Wildman–Crippen LogP) is 1.07. The number of carboxylic acids is 1. The Hall–Kier alpha value is -6.03. The number of amides is 5. The number of aryl methyl sites for hydroxylation is 1. The molecule has 5 amide bonds. The van der Waals surface area contributed by atoms with Crippen LogP contribution in [0.5, 0.6) is 5.88 Å². The number of anilines is 1. The van der Waals surface area contributed by atoms with Gasteiger partial charge in [-0.25, -0.2) is 19.4 Å². The monoisotopic (exact) mass is 801 g/mol. The van der Waals surface area contributed by atoms with E-state index in [0.29, 0.717) is 26.8 Å². The van der Waals surface area contributed by atoms with Gasteiger partial charge < -0.3 is 21.7 Å². The van der Waals surface area contributed by atoms with Crippen LogP contribution in [-0.4, -0.2) is 114 Å². The lowest BCUT2D eigenvalue weighted by Gasteiger charge is -2.52. The summed E-state index contributed by atoms with van der Waals surface area (Å²) in [4.78, 5) is 91.1. The molecule has 0 aliphatic carbocycles. The van der Waals surface area contributed by atoms with E-state index in [1.165, 1.54) is 61.5 Å². The van der Waals surface area contributed by atoms with Crippen LogP contribution in [0.3, 0.4) is 0 Å². The Balaban J connectivity index is 1.31. The van der Waals surface area contributed by atoms with Crippen molar-refractivity contribution in [3.63, 3.8) is 0 Å². The second-order valence-corrected chi connectivity index (χ2v) is 15.3. The van der Waals surface area contributed by atoms with Crippen LogP contribution in [0.1, 0.15) is 42.7 Å². The van der Waals surface area contributed by atoms with Crippen LogP contribution >= 0.6 is 23.5 Å². The van der Waals surface area contributed by atoms with Gasteiger partial charge in [-0.15, -0.1) is 16.9 Å². The van der Waals surface area contributed by atoms with E-state index in [0.717, 1.165) is 27.8 Å². The van der Waals surface area contributed by atoms with Crippen molar-refractivity contribution in [2.75, 3.05) is 16.4 Å². The van der Waals surface area contributed by atoms with Gasteiger partial charge in [0.25, 0.3) is 23.6 Å². The highest BCUT2D eigenvalue weighted by atomic mass is 32.2. The van der Waals surface area contributed by atoms with Gasteiger partial charge in [0.1, 0.15) is 28.7 Å². The van der Waals surface area contributed by atoms with Gasteiger partial charge in [0.2, 0.25) is 16.9 Å². The van der Waals surface area contributed by atoms with Crippen LogP contribution in [0.2, 0.25) is 0 Å². The fourth-order valence-corrected chi connectivity index (χ4v) is 8.35. The summed E-state index contributed by atoms with van der Waals surface area (Å²) < 4.78 is 1.42. The van der Waals surface area contributed by atoms with Gasteiger partial charge in [0, 0.05) is 37.2 Å². The first-order valence-corrected chi connectivity index (χ1v) is 18.8. The minimum absolute atomic E-state index is 0.0585. The van der Waals surface area contributed by atoms with Crippen LogP contribution in [0.4, 0.5) is 5.69 Å². The molecule has 6 N–H and O–H groups in total. The first-order valence-electron chi connectivity index (χ1n) is 16.7. The molecule has 21 heteroatoms. The summed E-state index contributed by atoms with van der Waals surface area (Å²) in [5, 5.41) is 32.0. The Labute approximate surface area is 327 Å². The maximum absolute atomic E-state index is 14.3. The normalized spacial score (nSPS) is 17.1. The molecule has 6 rings (SSSR count). The zero-order chi connectivity index (χ0) is 40.6. The summed E-state index contributed by atoms with van der Waals surface area (Å²) in [6, 6.07) is 11.1. The summed E-state index contributed by atoms with van der Waals surface area (Å²) in [6.07, 6.45) is 0.985.